The number of nitrogens with one attached hydrogen (secondary N) is 1. The number of carbonyl (C=O) groups excluding carboxylic acids is 2. The van der Waals surface area contributed by atoms with Crippen LogP contribution >= 0.6 is 0 Å². The van der Waals surface area contributed by atoms with Crippen LogP contribution in [-0.2, 0) is 4.79 Å². The van der Waals surface area contributed by atoms with Crippen LogP contribution in [0.5, 0.6) is 0 Å². The minimum absolute atomic E-state index is 0.0138. The van der Waals surface area contributed by atoms with Crippen molar-refractivity contribution in [2.45, 2.75) is 12.8 Å². The van der Waals surface area contributed by atoms with Crippen LogP contribution < -0.4 is 11.1 Å². The number of amides is 3. The molecule has 1 atom stereocenters. The molecule has 0 aliphatic carbocycles. The third-order valence-electron chi connectivity index (χ3n) is 2.32. The number of carbonyl (C=O) groups is 2. The van der Waals surface area contributed by atoms with Crippen molar-refractivity contribution < 1.29 is 9.59 Å². The van der Waals surface area contributed by atoms with Gasteiger partial charge in [-0.2, -0.15) is 5.26 Å². The first-order valence-corrected chi connectivity index (χ1v) is 4.83. The van der Waals surface area contributed by atoms with Crippen LogP contribution in [-0.4, -0.2) is 36.5 Å². The number of imide groups is 1. The molecule has 0 spiro atoms. The smallest absolute Gasteiger partial charge is 0.318 e. The molecule has 1 fully saturated rings. The zero-order valence-electron chi connectivity index (χ0n) is 8.40. The molecule has 1 aliphatic rings. The molecule has 1 rings (SSSR count). The van der Waals surface area contributed by atoms with E-state index < -0.39 is 11.9 Å². The molecule has 1 aliphatic heterocycles. The molecule has 6 heteroatoms. The summed E-state index contributed by atoms with van der Waals surface area (Å²) in [4.78, 5) is 23.4. The molecule has 3 N–H and O–H groups in total. The fraction of sp³-hybridized carbons (Fsp3) is 0.667. The van der Waals surface area contributed by atoms with E-state index in [0.29, 0.717) is 6.54 Å². The van der Waals surface area contributed by atoms with Gasteiger partial charge in [-0.25, -0.2) is 4.79 Å². The third-order valence-corrected chi connectivity index (χ3v) is 2.32. The van der Waals surface area contributed by atoms with Crippen molar-refractivity contribution in [3.8, 4) is 6.07 Å². The number of hydrogen-bond donors (Lipinski definition) is 2. The molecule has 0 aromatic heterocycles. The molecule has 1 unspecified atom stereocenters. The average Bonchev–Trinajstić information content (AvgIpc) is 2.16. The van der Waals surface area contributed by atoms with Crippen LogP contribution in [0.15, 0.2) is 0 Å². The number of primary amides is 1. The van der Waals surface area contributed by atoms with E-state index in [0.717, 1.165) is 19.4 Å². The lowest BCUT2D eigenvalue weighted by Gasteiger charge is -2.28. The van der Waals surface area contributed by atoms with Gasteiger partial charge in [0.1, 0.15) is 0 Å². The van der Waals surface area contributed by atoms with Gasteiger partial charge in [0.2, 0.25) is 5.91 Å². The second-order valence-electron chi connectivity index (χ2n) is 3.62. The normalized spacial score (nSPS) is 21.7. The molecule has 0 bridgehead atoms. The van der Waals surface area contributed by atoms with Crippen molar-refractivity contribution in [2.24, 2.45) is 11.7 Å². The lowest BCUT2D eigenvalue weighted by molar-refractivity contribution is -0.121. The number of hydrogen-bond acceptors (Lipinski definition) is 4. The molecule has 0 saturated carbocycles. The first-order chi connectivity index (χ1) is 7.11. The molecular formula is C9H14N4O2. The van der Waals surface area contributed by atoms with Crippen molar-refractivity contribution in [3.63, 3.8) is 0 Å². The Kier molecular flexibility index (Phi) is 4.06. The summed E-state index contributed by atoms with van der Waals surface area (Å²) in [6, 6.07) is 1.34. The zero-order chi connectivity index (χ0) is 11.3. The highest BCUT2D eigenvalue weighted by molar-refractivity contribution is 5.94. The largest absolute Gasteiger partial charge is 0.351 e. The van der Waals surface area contributed by atoms with Crippen molar-refractivity contribution in [2.75, 3.05) is 19.6 Å². The van der Waals surface area contributed by atoms with Gasteiger partial charge < -0.3 is 5.73 Å². The van der Waals surface area contributed by atoms with Crippen molar-refractivity contribution in [1.82, 2.24) is 10.2 Å². The van der Waals surface area contributed by atoms with Gasteiger partial charge in [0.15, 0.2) is 0 Å². The van der Waals surface area contributed by atoms with Crippen LogP contribution in [0.1, 0.15) is 12.8 Å². The van der Waals surface area contributed by atoms with Gasteiger partial charge in [-0.15, -0.1) is 0 Å². The molecule has 0 aromatic carbocycles. The first kappa shape index (κ1) is 11.5. The third kappa shape index (κ3) is 3.95. The molecule has 82 valence electrons. The maximum absolute atomic E-state index is 11.2. The van der Waals surface area contributed by atoms with Crippen LogP contribution in [0.3, 0.4) is 0 Å². The number of nitriles is 1. The Bertz CT molecular complexity index is 297. The summed E-state index contributed by atoms with van der Waals surface area (Å²) >= 11 is 0. The number of likely N-dealkylation sites (tertiary alicyclic amines) is 1. The molecule has 1 heterocycles. The van der Waals surface area contributed by atoms with E-state index in [1.54, 1.807) is 0 Å². The van der Waals surface area contributed by atoms with Crippen molar-refractivity contribution in [1.29, 1.82) is 5.26 Å². The molecule has 1 saturated heterocycles. The highest BCUT2D eigenvalue weighted by Crippen LogP contribution is 2.14. The standard InChI is InChI=1S/C9H14N4O2/c10-4-7-2-1-3-13(5-7)6-8(14)12-9(11)15/h7H,1-3,5-6H2,(H3,11,12,14,15). The highest BCUT2D eigenvalue weighted by atomic mass is 16.2. The van der Waals surface area contributed by atoms with Gasteiger partial charge in [-0.3, -0.25) is 15.0 Å². The number of rotatable bonds is 2. The van der Waals surface area contributed by atoms with E-state index in [1.165, 1.54) is 0 Å². The summed E-state index contributed by atoms with van der Waals surface area (Å²) in [5.41, 5.74) is 4.81. The lowest BCUT2D eigenvalue weighted by atomic mass is 10.00. The second kappa shape index (κ2) is 5.32. The summed E-state index contributed by atoms with van der Waals surface area (Å²) in [6.45, 7) is 1.49. The van der Waals surface area contributed by atoms with E-state index in [9.17, 15) is 9.59 Å². The SMILES string of the molecule is N#CC1CCCN(CC(=O)NC(N)=O)C1. The summed E-state index contributed by atoms with van der Waals surface area (Å²) < 4.78 is 0. The topological polar surface area (TPSA) is 99.2 Å². The lowest BCUT2D eigenvalue weighted by Crippen LogP contribution is -2.45. The average molecular weight is 210 g/mol. The highest BCUT2D eigenvalue weighted by Gasteiger charge is 2.21. The first-order valence-electron chi connectivity index (χ1n) is 4.83. The molecule has 15 heavy (non-hydrogen) atoms. The Balaban J connectivity index is 2.35. The summed E-state index contributed by atoms with van der Waals surface area (Å²) in [6.07, 6.45) is 1.78. The molecule has 0 radical (unpaired) electrons. The number of nitrogens with two attached hydrogens (primary N) is 1. The van der Waals surface area contributed by atoms with Gasteiger partial charge in [0.05, 0.1) is 18.5 Å². The van der Waals surface area contributed by atoms with Crippen molar-refractivity contribution in [3.05, 3.63) is 0 Å². The molecule has 3 amide bonds. The number of urea groups is 1. The minimum atomic E-state index is -0.839. The summed E-state index contributed by atoms with van der Waals surface area (Å²) in [5.74, 6) is -0.429. The molecule has 6 nitrogen and oxygen atoms in total. The van der Waals surface area contributed by atoms with Crippen molar-refractivity contribution >= 4 is 11.9 Å². The number of piperidine rings is 1. The van der Waals surface area contributed by atoms with E-state index in [-0.39, 0.29) is 12.5 Å². The van der Waals surface area contributed by atoms with Crippen LogP contribution in [0.2, 0.25) is 0 Å². The fourth-order valence-corrected chi connectivity index (χ4v) is 1.68. The van der Waals surface area contributed by atoms with Gasteiger partial charge in [0.25, 0.3) is 0 Å². The quantitative estimate of drug-likeness (QED) is 0.636. The zero-order valence-corrected chi connectivity index (χ0v) is 8.40. The Morgan fingerprint density at radius 1 is 1.60 bits per heavy atom. The van der Waals surface area contributed by atoms with Gasteiger partial charge in [-0.1, -0.05) is 0 Å². The fourth-order valence-electron chi connectivity index (χ4n) is 1.68. The van der Waals surface area contributed by atoms with E-state index in [1.807, 2.05) is 10.2 Å². The van der Waals surface area contributed by atoms with Crippen LogP contribution in [0, 0.1) is 17.2 Å². The van der Waals surface area contributed by atoms with Gasteiger partial charge in [-0.05, 0) is 19.4 Å². The Labute approximate surface area is 88.0 Å². The minimum Gasteiger partial charge on any atom is -0.351 e. The van der Waals surface area contributed by atoms with Gasteiger partial charge >= 0.3 is 6.03 Å². The Hall–Kier alpha value is -1.61. The maximum atomic E-state index is 11.2. The summed E-state index contributed by atoms with van der Waals surface area (Å²) in [5, 5.41) is 10.7. The van der Waals surface area contributed by atoms with Gasteiger partial charge in [0, 0.05) is 6.54 Å². The predicted molar refractivity (Wildman–Crippen MR) is 52.5 cm³/mol. The van der Waals surface area contributed by atoms with E-state index in [2.05, 4.69) is 6.07 Å². The summed E-state index contributed by atoms with van der Waals surface area (Å²) in [7, 11) is 0. The molecular weight excluding hydrogens is 196 g/mol. The second-order valence-corrected chi connectivity index (χ2v) is 3.62. The predicted octanol–water partition coefficient (Wildman–Crippen LogP) is -0.583. The Morgan fingerprint density at radius 2 is 2.33 bits per heavy atom. The van der Waals surface area contributed by atoms with Crippen LogP contribution in [0.25, 0.3) is 0 Å². The maximum Gasteiger partial charge on any atom is 0.318 e. The monoisotopic (exact) mass is 210 g/mol. The molecule has 0 aromatic rings. The van der Waals surface area contributed by atoms with E-state index in [4.69, 9.17) is 11.0 Å². The Morgan fingerprint density at radius 3 is 2.93 bits per heavy atom. The van der Waals surface area contributed by atoms with E-state index >= 15 is 0 Å². The number of nitrogens with zero attached hydrogens (tertiary/aromatic N) is 2. The van der Waals surface area contributed by atoms with Crippen LogP contribution in [0.4, 0.5) is 4.79 Å².